The van der Waals surface area contributed by atoms with Gasteiger partial charge in [-0.05, 0) is 66.9 Å². The molecule has 3 nitrogen and oxygen atoms in total. The van der Waals surface area contributed by atoms with Crippen molar-refractivity contribution in [3.63, 3.8) is 0 Å². The van der Waals surface area contributed by atoms with E-state index in [1.165, 1.54) is 0 Å². The highest BCUT2D eigenvalue weighted by Gasteiger charge is 2.14. The maximum atomic E-state index is 6.00. The standard InChI is InChI=1S/C15H24BrNO2/c1-4-6-11(3)19-15-13(16)9-12(7-8-17)10-14(15)18-5-2/h9-11H,4-8,17H2,1-3H3. The van der Waals surface area contributed by atoms with Crippen molar-refractivity contribution in [3.8, 4) is 11.5 Å². The fourth-order valence-electron chi connectivity index (χ4n) is 1.98. The van der Waals surface area contributed by atoms with Gasteiger partial charge in [0.05, 0.1) is 17.2 Å². The molecule has 0 radical (unpaired) electrons. The third-order valence-corrected chi connectivity index (χ3v) is 3.41. The lowest BCUT2D eigenvalue weighted by Gasteiger charge is -2.19. The van der Waals surface area contributed by atoms with Crippen molar-refractivity contribution < 1.29 is 9.47 Å². The minimum Gasteiger partial charge on any atom is -0.490 e. The normalized spacial score (nSPS) is 12.3. The first kappa shape index (κ1) is 16.3. The number of halogens is 1. The molecule has 0 bridgehead atoms. The highest BCUT2D eigenvalue weighted by Crippen LogP contribution is 2.38. The van der Waals surface area contributed by atoms with Crippen molar-refractivity contribution in [2.75, 3.05) is 13.2 Å². The van der Waals surface area contributed by atoms with Crippen LogP contribution in [0.4, 0.5) is 0 Å². The van der Waals surface area contributed by atoms with E-state index in [4.69, 9.17) is 15.2 Å². The molecule has 0 aliphatic rings. The summed E-state index contributed by atoms with van der Waals surface area (Å²) < 4.78 is 12.6. The van der Waals surface area contributed by atoms with Gasteiger partial charge in [0.25, 0.3) is 0 Å². The molecule has 19 heavy (non-hydrogen) atoms. The van der Waals surface area contributed by atoms with Gasteiger partial charge in [0.15, 0.2) is 11.5 Å². The summed E-state index contributed by atoms with van der Waals surface area (Å²) in [7, 11) is 0. The van der Waals surface area contributed by atoms with Gasteiger partial charge >= 0.3 is 0 Å². The molecule has 1 aromatic rings. The van der Waals surface area contributed by atoms with Crippen molar-refractivity contribution in [2.24, 2.45) is 5.73 Å². The van der Waals surface area contributed by atoms with E-state index < -0.39 is 0 Å². The predicted molar refractivity (Wildman–Crippen MR) is 83.1 cm³/mol. The van der Waals surface area contributed by atoms with Crippen molar-refractivity contribution in [1.29, 1.82) is 0 Å². The zero-order valence-corrected chi connectivity index (χ0v) is 13.6. The summed E-state index contributed by atoms with van der Waals surface area (Å²) in [6.45, 7) is 7.46. The van der Waals surface area contributed by atoms with Crippen molar-refractivity contribution in [2.45, 2.75) is 46.1 Å². The Morgan fingerprint density at radius 2 is 2.05 bits per heavy atom. The molecule has 1 aromatic carbocycles. The van der Waals surface area contributed by atoms with E-state index in [-0.39, 0.29) is 6.10 Å². The van der Waals surface area contributed by atoms with Gasteiger partial charge in [0, 0.05) is 0 Å². The minimum absolute atomic E-state index is 0.181. The molecule has 0 fully saturated rings. The number of benzene rings is 1. The molecule has 0 heterocycles. The Morgan fingerprint density at radius 3 is 2.63 bits per heavy atom. The first-order valence-corrected chi connectivity index (χ1v) is 7.73. The first-order chi connectivity index (χ1) is 9.12. The summed E-state index contributed by atoms with van der Waals surface area (Å²) in [5.41, 5.74) is 6.77. The first-order valence-electron chi connectivity index (χ1n) is 6.94. The zero-order chi connectivity index (χ0) is 14.3. The molecule has 0 saturated carbocycles. The Balaban J connectivity index is 2.99. The lowest BCUT2D eigenvalue weighted by Crippen LogP contribution is -2.13. The zero-order valence-electron chi connectivity index (χ0n) is 12.0. The lowest BCUT2D eigenvalue weighted by molar-refractivity contribution is 0.195. The minimum atomic E-state index is 0.181. The van der Waals surface area contributed by atoms with Crippen LogP contribution in [0.5, 0.6) is 11.5 Å². The summed E-state index contributed by atoms with van der Waals surface area (Å²) in [5, 5.41) is 0. The second kappa shape index (κ2) is 8.43. The lowest BCUT2D eigenvalue weighted by atomic mass is 10.1. The molecule has 1 rings (SSSR count). The maximum Gasteiger partial charge on any atom is 0.175 e. The van der Waals surface area contributed by atoms with Crippen molar-refractivity contribution in [1.82, 2.24) is 0 Å². The molecule has 2 N–H and O–H groups in total. The topological polar surface area (TPSA) is 44.5 Å². The van der Waals surface area contributed by atoms with Crippen LogP contribution < -0.4 is 15.2 Å². The van der Waals surface area contributed by atoms with Gasteiger partial charge in [0.2, 0.25) is 0 Å². The van der Waals surface area contributed by atoms with Gasteiger partial charge in [-0.25, -0.2) is 0 Å². The summed E-state index contributed by atoms with van der Waals surface area (Å²) in [5.74, 6) is 1.59. The Labute approximate surface area is 124 Å². The van der Waals surface area contributed by atoms with E-state index in [1.807, 2.05) is 13.0 Å². The molecule has 0 aromatic heterocycles. The van der Waals surface area contributed by atoms with Crippen LogP contribution in [0, 0.1) is 0 Å². The van der Waals surface area contributed by atoms with Crippen LogP contribution in [0.25, 0.3) is 0 Å². The fourth-order valence-corrected chi connectivity index (χ4v) is 2.56. The molecular weight excluding hydrogens is 306 g/mol. The Morgan fingerprint density at radius 1 is 1.32 bits per heavy atom. The van der Waals surface area contributed by atoms with Crippen LogP contribution in [0.3, 0.4) is 0 Å². The van der Waals surface area contributed by atoms with Gasteiger partial charge in [-0.2, -0.15) is 0 Å². The molecule has 1 unspecified atom stereocenters. The summed E-state index contributed by atoms with van der Waals surface area (Å²) in [4.78, 5) is 0. The number of nitrogens with two attached hydrogens (primary N) is 1. The van der Waals surface area contributed by atoms with Gasteiger partial charge in [-0.15, -0.1) is 0 Å². The average molecular weight is 330 g/mol. The number of ether oxygens (including phenoxy) is 2. The summed E-state index contributed by atoms with van der Waals surface area (Å²) in [6.07, 6.45) is 3.15. The third kappa shape index (κ3) is 5.03. The smallest absolute Gasteiger partial charge is 0.175 e. The SMILES string of the molecule is CCCC(C)Oc1c(Br)cc(CCN)cc1OCC. The number of hydrogen-bond donors (Lipinski definition) is 1. The summed E-state index contributed by atoms with van der Waals surface area (Å²) in [6, 6.07) is 4.08. The Kier molecular flexibility index (Phi) is 7.24. The molecule has 0 saturated heterocycles. The third-order valence-electron chi connectivity index (χ3n) is 2.82. The summed E-state index contributed by atoms with van der Waals surface area (Å²) >= 11 is 3.57. The second-order valence-corrected chi connectivity index (χ2v) is 5.45. The van der Waals surface area contributed by atoms with E-state index in [9.17, 15) is 0 Å². The van der Waals surface area contributed by atoms with Crippen LogP contribution in [-0.2, 0) is 6.42 Å². The van der Waals surface area contributed by atoms with E-state index in [0.717, 1.165) is 40.8 Å². The molecule has 0 amide bonds. The number of hydrogen-bond acceptors (Lipinski definition) is 3. The van der Waals surface area contributed by atoms with Crippen LogP contribution >= 0.6 is 15.9 Å². The Bertz CT molecular complexity index is 396. The average Bonchev–Trinajstić information content (AvgIpc) is 2.35. The molecule has 1 atom stereocenters. The second-order valence-electron chi connectivity index (χ2n) is 4.59. The maximum absolute atomic E-state index is 6.00. The molecule has 108 valence electrons. The molecule has 0 aliphatic carbocycles. The van der Waals surface area contributed by atoms with Gasteiger partial charge in [-0.1, -0.05) is 13.3 Å². The van der Waals surface area contributed by atoms with Crippen LogP contribution in [0.1, 0.15) is 39.2 Å². The van der Waals surface area contributed by atoms with E-state index in [2.05, 4.69) is 35.8 Å². The molecular formula is C15H24BrNO2. The Hall–Kier alpha value is -0.740. The van der Waals surface area contributed by atoms with E-state index >= 15 is 0 Å². The van der Waals surface area contributed by atoms with E-state index in [0.29, 0.717) is 13.2 Å². The van der Waals surface area contributed by atoms with Gasteiger partial charge in [0.1, 0.15) is 0 Å². The molecule has 4 heteroatoms. The highest BCUT2D eigenvalue weighted by atomic mass is 79.9. The highest BCUT2D eigenvalue weighted by molar-refractivity contribution is 9.10. The van der Waals surface area contributed by atoms with E-state index in [1.54, 1.807) is 0 Å². The van der Waals surface area contributed by atoms with Gasteiger partial charge in [-0.3, -0.25) is 0 Å². The predicted octanol–water partition coefficient (Wildman–Crippen LogP) is 3.92. The monoisotopic (exact) mass is 329 g/mol. The quantitative estimate of drug-likeness (QED) is 0.786. The van der Waals surface area contributed by atoms with Crippen LogP contribution in [-0.4, -0.2) is 19.3 Å². The molecule has 0 aliphatic heterocycles. The van der Waals surface area contributed by atoms with Gasteiger partial charge < -0.3 is 15.2 Å². The van der Waals surface area contributed by atoms with Crippen molar-refractivity contribution in [3.05, 3.63) is 22.2 Å². The number of rotatable bonds is 8. The molecule has 0 spiro atoms. The largest absolute Gasteiger partial charge is 0.490 e. The fraction of sp³-hybridized carbons (Fsp3) is 0.600. The van der Waals surface area contributed by atoms with Crippen LogP contribution in [0.15, 0.2) is 16.6 Å². The van der Waals surface area contributed by atoms with Crippen LogP contribution in [0.2, 0.25) is 0 Å². The van der Waals surface area contributed by atoms with Crippen molar-refractivity contribution >= 4 is 15.9 Å².